The zero-order valence-electron chi connectivity index (χ0n) is 48.1. The Balaban J connectivity index is 0.797. The Hall–Kier alpha value is -1.16. The largest absolute Gasteiger partial charge is 0.394 e. The van der Waals surface area contributed by atoms with Crippen LogP contribution < -0.4 is 0 Å². The van der Waals surface area contributed by atoms with Crippen LogP contribution in [0.15, 0.2) is 0 Å². The molecule has 0 aromatic rings. The predicted molar refractivity (Wildman–Crippen MR) is 278 cm³/mol. The second kappa shape index (κ2) is 25.4. The highest BCUT2D eigenvalue weighted by atomic mass is 16.8. The topological polar surface area (TPSA) is 455 Å². The molecule has 17 N–H and O–H groups in total. The number of rotatable bonds is 14. The fourth-order valence-electron chi connectivity index (χ4n) is 17.4. The van der Waals surface area contributed by atoms with Crippen LogP contribution in [0.4, 0.5) is 0 Å². The van der Waals surface area contributed by atoms with Gasteiger partial charge < -0.3 is 144 Å². The summed E-state index contributed by atoms with van der Waals surface area (Å²) in [4.78, 5) is 0. The van der Waals surface area contributed by atoms with Gasteiger partial charge in [-0.3, -0.25) is 0 Å². The molecule has 11 fully saturated rings. The average Bonchev–Trinajstić information content (AvgIpc) is 1.59. The van der Waals surface area contributed by atoms with Crippen molar-refractivity contribution in [2.45, 2.75) is 257 Å². The third-order valence-electron chi connectivity index (χ3n) is 22.2. The molecule has 490 valence electrons. The maximum absolute atomic E-state index is 12.3. The molecule has 0 bridgehead atoms. The van der Waals surface area contributed by atoms with Crippen molar-refractivity contribution >= 4 is 0 Å². The van der Waals surface area contributed by atoms with Gasteiger partial charge in [-0.25, -0.2) is 0 Å². The Morgan fingerprint density at radius 1 is 0.447 bits per heavy atom. The van der Waals surface area contributed by atoms with E-state index >= 15 is 0 Å². The van der Waals surface area contributed by atoms with E-state index in [1.165, 1.54) is 0 Å². The van der Waals surface area contributed by atoms with Gasteiger partial charge in [-0.05, 0) is 85.4 Å². The Bertz CT molecular complexity index is 2220. The lowest BCUT2D eigenvalue weighted by Crippen LogP contribution is -2.69. The van der Waals surface area contributed by atoms with Crippen LogP contribution in [-0.2, 0) is 56.8 Å². The first kappa shape index (κ1) is 65.3. The lowest BCUT2D eigenvalue weighted by molar-refractivity contribution is -0.410. The van der Waals surface area contributed by atoms with Crippen molar-refractivity contribution < 1.29 is 144 Å². The quantitative estimate of drug-likeness (QED) is 0.0719. The molecule has 85 heavy (non-hydrogen) atoms. The molecule has 0 aromatic heterocycles. The van der Waals surface area contributed by atoms with Crippen LogP contribution in [0, 0.1) is 52.3 Å². The van der Waals surface area contributed by atoms with Crippen LogP contribution in [0.5, 0.6) is 0 Å². The van der Waals surface area contributed by atoms with E-state index in [1.807, 2.05) is 0 Å². The van der Waals surface area contributed by atoms with Crippen LogP contribution in [0.25, 0.3) is 0 Å². The molecular weight excluding hydrogens is 1140 g/mol. The maximum atomic E-state index is 12.3. The maximum Gasteiger partial charge on any atom is 0.187 e. The van der Waals surface area contributed by atoms with E-state index in [0.717, 1.165) is 38.5 Å². The summed E-state index contributed by atoms with van der Waals surface area (Å²) in [5.41, 5.74) is -0.531. The Kier molecular flexibility index (Phi) is 19.5. The highest BCUT2D eigenvalue weighted by Crippen LogP contribution is 2.71. The third kappa shape index (κ3) is 11.3. The monoisotopic (exact) mass is 1230 g/mol. The number of hydrogen-bond donors (Lipinski definition) is 17. The molecule has 29 nitrogen and oxygen atoms in total. The minimum atomic E-state index is -2.21. The van der Waals surface area contributed by atoms with E-state index in [4.69, 9.17) is 56.8 Å². The van der Waals surface area contributed by atoms with Gasteiger partial charge in [0.25, 0.3) is 0 Å². The lowest BCUT2D eigenvalue weighted by Gasteiger charge is -2.62. The molecule has 7 saturated heterocycles. The molecule has 4 saturated carbocycles. The summed E-state index contributed by atoms with van der Waals surface area (Å²) in [6, 6.07) is 0. The van der Waals surface area contributed by atoms with Crippen molar-refractivity contribution in [1.29, 1.82) is 0 Å². The number of fused-ring (bicyclic) bond motifs is 7. The normalized spacial score (nSPS) is 58.1. The fraction of sp³-hybridized carbons (Fsp3) is 1.00. The molecule has 29 heteroatoms. The van der Waals surface area contributed by atoms with Crippen LogP contribution >= 0.6 is 0 Å². The molecule has 4 aliphatic carbocycles. The molecule has 0 aromatic carbocycles. The highest BCUT2D eigenvalue weighted by molar-refractivity contribution is 5.19. The van der Waals surface area contributed by atoms with Crippen molar-refractivity contribution in [2.24, 2.45) is 52.3 Å². The average molecular weight is 1230 g/mol. The molecule has 1 unspecified atom stereocenters. The molecule has 7 aliphatic heterocycles. The van der Waals surface area contributed by atoms with E-state index in [1.54, 1.807) is 0 Å². The van der Waals surface area contributed by atoms with E-state index < -0.39 is 205 Å². The lowest BCUT2D eigenvalue weighted by atomic mass is 9.44. The summed E-state index contributed by atoms with van der Waals surface area (Å²) >= 11 is 0. The number of aliphatic hydroxyl groups is 17. The first-order valence-corrected chi connectivity index (χ1v) is 30.5. The van der Waals surface area contributed by atoms with E-state index in [2.05, 4.69) is 27.7 Å². The first-order chi connectivity index (χ1) is 40.3. The highest BCUT2D eigenvalue weighted by Gasteiger charge is 2.73. The summed E-state index contributed by atoms with van der Waals surface area (Å²) in [5.74, 6) is 0.388. The Morgan fingerprint density at radius 2 is 1.01 bits per heavy atom. The van der Waals surface area contributed by atoms with Gasteiger partial charge in [-0.2, -0.15) is 0 Å². The minimum absolute atomic E-state index is 0.00749. The first-order valence-electron chi connectivity index (χ1n) is 30.5. The molecule has 1 spiro atoms. The molecule has 0 radical (unpaired) electrons. The number of hydrogen-bond acceptors (Lipinski definition) is 29. The predicted octanol–water partition coefficient (Wildman–Crippen LogP) is -6.50. The molecule has 11 aliphatic rings. The molecular formula is C56H92O29. The summed E-state index contributed by atoms with van der Waals surface area (Å²) in [5, 5.41) is 188. The third-order valence-corrected chi connectivity index (χ3v) is 22.2. The van der Waals surface area contributed by atoms with E-state index in [0.29, 0.717) is 25.4 Å². The van der Waals surface area contributed by atoms with Gasteiger partial charge in [0.15, 0.2) is 37.2 Å². The number of aliphatic hydroxyl groups excluding tert-OH is 17. The smallest absolute Gasteiger partial charge is 0.187 e. The van der Waals surface area contributed by atoms with Gasteiger partial charge in [0.2, 0.25) is 0 Å². The molecule has 0 amide bonds. The van der Waals surface area contributed by atoms with Gasteiger partial charge in [0, 0.05) is 18.3 Å². The molecule has 11 rings (SSSR count). The van der Waals surface area contributed by atoms with Crippen molar-refractivity contribution in [2.75, 3.05) is 39.6 Å². The summed E-state index contributed by atoms with van der Waals surface area (Å²) in [6.45, 7) is 5.21. The Labute approximate surface area is 491 Å². The zero-order valence-corrected chi connectivity index (χ0v) is 48.1. The minimum Gasteiger partial charge on any atom is -0.394 e. The molecule has 38 atom stereocenters. The fourth-order valence-corrected chi connectivity index (χ4v) is 17.4. The summed E-state index contributed by atoms with van der Waals surface area (Å²) in [6.07, 6.45) is -42.5. The second-order valence-corrected chi connectivity index (χ2v) is 26.9. The second-order valence-electron chi connectivity index (χ2n) is 26.9. The van der Waals surface area contributed by atoms with E-state index in [9.17, 15) is 86.8 Å². The van der Waals surface area contributed by atoms with Crippen molar-refractivity contribution in [1.82, 2.24) is 0 Å². The van der Waals surface area contributed by atoms with Gasteiger partial charge in [-0.1, -0.05) is 27.7 Å². The van der Waals surface area contributed by atoms with Crippen molar-refractivity contribution in [3.05, 3.63) is 0 Å². The van der Waals surface area contributed by atoms with Crippen LogP contribution in [-0.4, -0.2) is 304 Å². The molecule has 7 heterocycles. The van der Waals surface area contributed by atoms with Crippen LogP contribution in [0.2, 0.25) is 0 Å². The van der Waals surface area contributed by atoms with Gasteiger partial charge >= 0.3 is 0 Å². The zero-order chi connectivity index (χ0) is 61.1. The van der Waals surface area contributed by atoms with E-state index in [-0.39, 0.29) is 52.4 Å². The van der Waals surface area contributed by atoms with Gasteiger partial charge in [0.1, 0.15) is 116 Å². The standard InChI is InChI=1S/C56H92O29/c1-19-7-10-56(75-17-19)20(2)31-45(85-56)37(67)32-22-6-5-21-11-26(24(61)12-55(21,4)23(22)8-9-54(31,32)3)76-50-42(72)39(69)44(30(16-60)80-50)81-53-48(47(36(66)29(15-59)79-53)83-49-40(70)33(63)25(62)18-74-49)84-52-43(73)46(35(65)28(14-58)78-52)82-51-41(71)38(68)34(64)27(13-57)77-51/h19-53,57-73H,5-18H2,1-4H3/t19-,20+,21+,22-,23+,24-,25-,26-,27-,28-,29-,30-,31+,32-,33+,34-,35+,36-,37+,38+,39-,40-,41-,42-,43-,44+,45-,46+,47+,48?,49+,50-,51+,52+,53+,54-,55+,56-/m1/s1. The summed E-state index contributed by atoms with van der Waals surface area (Å²) < 4.78 is 72.8. The SMILES string of the molecule is C[C@@H]1CC[C@@]2(OC1)O[C@H]1[C@@H](O)[C@H]3[C@@H]4CC[C@H]5C[C@@H](O[C@@H]6O[C@H](CO)[C@H](O[C@@H]7O[C@H](CO)[C@@H](O)[C@H](O[C@@H]8OC[C@@H](O)[C@H](O)[C@H]8O)C7O[C@@H]7O[C@H](CO)[C@H](O)[C@H](O[C@@H]8O[C@H](CO)[C@@H](O)[C@H](O)[C@H]8O)[C@H]7O)[C@H](O)[C@H]6O)[C@H](O)C[C@]5(C)[C@H]4CC[C@]3(C)[C@H]1[C@@H]2C. The summed E-state index contributed by atoms with van der Waals surface area (Å²) in [7, 11) is 0. The van der Waals surface area contributed by atoms with Crippen molar-refractivity contribution in [3.8, 4) is 0 Å². The van der Waals surface area contributed by atoms with Gasteiger partial charge in [-0.15, -0.1) is 0 Å². The van der Waals surface area contributed by atoms with Crippen molar-refractivity contribution in [3.63, 3.8) is 0 Å². The number of ether oxygens (including phenoxy) is 12. The van der Waals surface area contributed by atoms with Crippen LogP contribution in [0.3, 0.4) is 0 Å². The van der Waals surface area contributed by atoms with Gasteiger partial charge in [0.05, 0.1) is 64.1 Å². The van der Waals surface area contributed by atoms with Crippen LogP contribution in [0.1, 0.15) is 79.1 Å². The Morgan fingerprint density at radius 3 is 1.67 bits per heavy atom.